The zero-order valence-corrected chi connectivity index (χ0v) is 13.9. The van der Waals surface area contributed by atoms with Crippen LogP contribution in [0.4, 0.5) is 11.5 Å². The summed E-state index contributed by atoms with van der Waals surface area (Å²) in [4.78, 5) is 8.82. The molecule has 0 saturated carbocycles. The van der Waals surface area contributed by atoms with Crippen LogP contribution in [0.25, 0.3) is 0 Å². The molecule has 0 fully saturated rings. The molecule has 0 saturated heterocycles. The molecule has 1 heterocycles. The van der Waals surface area contributed by atoms with Crippen molar-refractivity contribution >= 4 is 34.7 Å². The van der Waals surface area contributed by atoms with Crippen molar-refractivity contribution < 1.29 is 4.74 Å². The molecule has 0 aliphatic rings. The molecule has 0 atom stereocenters. The third kappa shape index (κ3) is 3.57. The second kappa shape index (κ2) is 6.50. The number of anilines is 2. The van der Waals surface area contributed by atoms with E-state index in [4.69, 9.17) is 27.9 Å². The Hall–Kier alpha value is -1.52. The largest absolute Gasteiger partial charge is 0.495 e. The number of nitrogens with one attached hydrogen (secondary N) is 1. The van der Waals surface area contributed by atoms with Crippen molar-refractivity contribution in [3.63, 3.8) is 0 Å². The zero-order valence-electron chi connectivity index (χ0n) is 12.4. The SMILES string of the molecule is COc1ccc(Cl)cc1Nc1nc(C(C)C)nc(Cl)c1C. The fraction of sp³-hybridized carbons (Fsp3) is 0.333. The molecule has 6 heteroatoms. The minimum atomic E-state index is 0.185. The molecule has 1 N–H and O–H groups in total. The molecule has 4 nitrogen and oxygen atoms in total. The highest BCUT2D eigenvalue weighted by Crippen LogP contribution is 2.32. The number of halogens is 2. The van der Waals surface area contributed by atoms with Crippen molar-refractivity contribution in [3.05, 3.63) is 39.8 Å². The predicted octanol–water partition coefficient (Wildman–Crippen LogP) is 4.97. The molecule has 0 aliphatic carbocycles. The molecule has 0 amide bonds. The number of aromatic nitrogens is 2. The molecule has 21 heavy (non-hydrogen) atoms. The summed E-state index contributed by atoms with van der Waals surface area (Å²) in [6, 6.07) is 5.35. The van der Waals surface area contributed by atoms with E-state index in [0.717, 1.165) is 11.3 Å². The minimum absolute atomic E-state index is 0.185. The van der Waals surface area contributed by atoms with E-state index in [1.807, 2.05) is 20.8 Å². The normalized spacial score (nSPS) is 10.8. The van der Waals surface area contributed by atoms with E-state index in [9.17, 15) is 0 Å². The first-order valence-corrected chi connectivity index (χ1v) is 7.32. The highest BCUT2D eigenvalue weighted by atomic mass is 35.5. The molecule has 0 spiro atoms. The van der Waals surface area contributed by atoms with Crippen molar-refractivity contribution in [2.24, 2.45) is 0 Å². The lowest BCUT2D eigenvalue weighted by molar-refractivity contribution is 0.417. The fourth-order valence-corrected chi connectivity index (χ4v) is 2.14. The Morgan fingerprint density at radius 2 is 1.90 bits per heavy atom. The number of hydrogen-bond donors (Lipinski definition) is 1. The Morgan fingerprint density at radius 3 is 2.52 bits per heavy atom. The zero-order chi connectivity index (χ0) is 15.6. The van der Waals surface area contributed by atoms with E-state index in [2.05, 4.69) is 15.3 Å². The van der Waals surface area contributed by atoms with Gasteiger partial charge < -0.3 is 10.1 Å². The third-order valence-electron chi connectivity index (χ3n) is 3.03. The molecule has 0 unspecified atom stereocenters. The minimum Gasteiger partial charge on any atom is -0.495 e. The number of ether oxygens (including phenoxy) is 1. The van der Waals surface area contributed by atoms with E-state index in [1.54, 1.807) is 25.3 Å². The molecule has 2 rings (SSSR count). The Bertz CT molecular complexity index is 660. The molecule has 0 radical (unpaired) electrons. The Balaban J connectivity index is 2.46. The summed E-state index contributed by atoms with van der Waals surface area (Å²) in [5.74, 6) is 2.21. The molecule has 0 bridgehead atoms. The van der Waals surface area contributed by atoms with Gasteiger partial charge >= 0.3 is 0 Å². The van der Waals surface area contributed by atoms with Crippen LogP contribution in [0.2, 0.25) is 10.2 Å². The van der Waals surface area contributed by atoms with Crippen molar-refractivity contribution in [1.82, 2.24) is 9.97 Å². The van der Waals surface area contributed by atoms with E-state index in [1.165, 1.54) is 0 Å². The maximum Gasteiger partial charge on any atom is 0.142 e. The van der Waals surface area contributed by atoms with Crippen LogP contribution in [0.5, 0.6) is 5.75 Å². The number of nitrogens with zero attached hydrogens (tertiary/aromatic N) is 2. The lowest BCUT2D eigenvalue weighted by atomic mass is 10.2. The summed E-state index contributed by atoms with van der Waals surface area (Å²) in [7, 11) is 1.60. The van der Waals surface area contributed by atoms with Gasteiger partial charge in [-0.2, -0.15) is 0 Å². The summed E-state index contributed by atoms with van der Waals surface area (Å²) in [6.07, 6.45) is 0. The average Bonchev–Trinajstić information content (AvgIpc) is 2.43. The van der Waals surface area contributed by atoms with Crippen LogP contribution in [-0.2, 0) is 0 Å². The smallest absolute Gasteiger partial charge is 0.142 e. The van der Waals surface area contributed by atoms with E-state index in [-0.39, 0.29) is 5.92 Å². The third-order valence-corrected chi connectivity index (χ3v) is 3.64. The summed E-state index contributed by atoms with van der Waals surface area (Å²) in [5, 5.41) is 4.28. The Morgan fingerprint density at radius 1 is 1.19 bits per heavy atom. The lowest BCUT2D eigenvalue weighted by Gasteiger charge is -2.15. The number of methoxy groups -OCH3 is 1. The Kier molecular flexibility index (Phi) is 4.91. The van der Waals surface area contributed by atoms with Crippen molar-refractivity contribution in [2.45, 2.75) is 26.7 Å². The van der Waals surface area contributed by atoms with Gasteiger partial charge in [0.2, 0.25) is 0 Å². The molecular weight excluding hydrogens is 309 g/mol. The van der Waals surface area contributed by atoms with E-state index in [0.29, 0.717) is 27.6 Å². The van der Waals surface area contributed by atoms with Gasteiger partial charge in [0.1, 0.15) is 22.5 Å². The van der Waals surface area contributed by atoms with Gasteiger partial charge in [0, 0.05) is 16.5 Å². The molecule has 1 aromatic carbocycles. The highest BCUT2D eigenvalue weighted by Gasteiger charge is 2.13. The monoisotopic (exact) mass is 325 g/mol. The Labute approximate surface area is 134 Å². The molecular formula is C15H17Cl2N3O. The molecule has 2 aromatic rings. The van der Waals surface area contributed by atoms with Gasteiger partial charge in [0.05, 0.1) is 12.8 Å². The van der Waals surface area contributed by atoms with Gasteiger partial charge in [0.25, 0.3) is 0 Å². The van der Waals surface area contributed by atoms with Crippen molar-refractivity contribution in [3.8, 4) is 5.75 Å². The van der Waals surface area contributed by atoms with Crippen molar-refractivity contribution in [2.75, 3.05) is 12.4 Å². The van der Waals surface area contributed by atoms with Gasteiger partial charge in [-0.25, -0.2) is 9.97 Å². The van der Waals surface area contributed by atoms with Gasteiger partial charge in [-0.05, 0) is 25.1 Å². The lowest BCUT2D eigenvalue weighted by Crippen LogP contribution is -2.05. The van der Waals surface area contributed by atoms with Crippen molar-refractivity contribution in [1.29, 1.82) is 0 Å². The topological polar surface area (TPSA) is 47.0 Å². The number of benzene rings is 1. The van der Waals surface area contributed by atoms with Gasteiger partial charge in [0.15, 0.2) is 0 Å². The average molecular weight is 326 g/mol. The van der Waals surface area contributed by atoms with Gasteiger partial charge in [-0.3, -0.25) is 0 Å². The first-order chi connectivity index (χ1) is 9.92. The maximum atomic E-state index is 6.19. The van der Waals surface area contributed by atoms with Gasteiger partial charge in [-0.1, -0.05) is 37.0 Å². The highest BCUT2D eigenvalue weighted by molar-refractivity contribution is 6.31. The molecule has 112 valence electrons. The number of hydrogen-bond acceptors (Lipinski definition) is 4. The summed E-state index contributed by atoms with van der Waals surface area (Å²) in [6.45, 7) is 5.90. The quantitative estimate of drug-likeness (QED) is 0.806. The van der Waals surface area contributed by atoms with Crippen LogP contribution >= 0.6 is 23.2 Å². The van der Waals surface area contributed by atoms with E-state index < -0.39 is 0 Å². The standard InChI is InChI=1S/C15H17Cl2N3O/c1-8(2)14-19-13(17)9(3)15(20-14)18-11-7-10(16)5-6-12(11)21-4/h5-8H,1-4H3,(H,18,19,20). The molecule has 1 aromatic heterocycles. The fourth-order valence-electron chi connectivity index (χ4n) is 1.79. The maximum absolute atomic E-state index is 6.19. The van der Waals surface area contributed by atoms with Crippen LogP contribution < -0.4 is 10.1 Å². The summed E-state index contributed by atoms with van der Waals surface area (Å²) < 4.78 is 5.32. The summed E-state index contributed by atoms with van der Waals surface area (Å²) >= 11 is 12.2. The number of rotatable bonds is 4. The first kappa shape index (κ1) is 15.9. The van der Waals surface area contributed by atoms with Crippen LogP contribution in [0.3, 0.4) is 0 Å². The van der Waals surface area contributed by atoms with Crippen LogP contribution in [0.1, 0.15) is 31.2 Å². The summed E-state index contributed by atoms with van der Waals surface area (Å²) in [5.41, 5.74) is 1.51. The van der Waals surface area contributed by atoms with Crippen LogP contribution in [0, 0.1) is 6.92 Å². The molecule has 0 aliphatic heterocycles. The second-order valence-corrected chi connectivity index (χ2v) is 5.76. The van der Waals surface area contributed by atoms with Gasteiger partial charge in [-0.15, -0.1) is 0 Å². The first-order valence-electron chi connectivity index (χ1n) is 6.57. The van der Waals surface area contributed by atoms with Crippen LogP contribution in [-0.4, -0.2) is 17.1 Å². The predicted molar refractivity (Wildman–Crippen MR) is 87.2 cm³/mol. The second-order valence-electron chi connectivity index (χ2n) is 4.97. The van der Waals surface area contributed by atoms with E-state index >= 15 is 0 Å². The van der Waals surface area contributed by atoms with Crippen LogP contribution in [0.15, 0.2) is 18.2 Å².